The number of nitrogens with zero attached hydrogens (tertiary/aromatic N) is 1. The number of hydrogen-bond donors (Lipinski definition) is 1. The maximum Gasteiger partial charge on any atom is 0.121 e. The summed E-state index contributed by atoms with van der Waals surface area (Å²) in [5, 5.41) is 0. The van der Waals surface area contributed by atoms with E-state index in [0.29, 0.717) is 0 Å². The van der Waals surface area contributed by atoms with E-state index >= 15 is 0 Å². The van der Waals surface area contributed by atoms with E-state index in [1.165, 1.54) is 0 Å². The molecule has 0 aliphatic rings. The van der Waals surface area contributed by atoms with Crippen molar-refractivity contribution >= 4 is 23.4 Å². The highest BCUT2D eigenvalue weighted by molar-refractivity contribution is 5.85. The first-order valence-electron chi connectivity index (χ1n) is 3.80. The Bertz CT molecular complexity index is 411. The number of nitrogens with one attached hydrogen (secondary N) is 1. The lowest BCUT2D eigenvalue weighted by Gasteiger charge is -1.96. The lowest BCUT2D eigenvalue weighted by Crippen LogP contribution is -1.81. The number of hydrogen-bond acceptors (Lipinski definition) is 2. The lowest BCUT2D eigenvalue weighted by molar-refractivity contribution is 0.415. The van der Waals surface area contributed by atoms with Crippen LogP contribution in [0.25, 0.3) is 11.0 Å². The number of benzene rings is 1. The van der Waals surface area contributed by atoms with Gasteiger partial charge in [0.15, 0.2) is 0 Å². The molecule has 0 radical (unpaired) electrons. The van der Waals surface area contributed by atoms with Crippen LogP contribution in [-0.4, -0.2) is 17.1 Å². The van der Waals surface area contributed by atoms with Crippen LogP contribution in [0.2, 0.25) is 0 Å². The summed E-state index contributed by atoms with van der Waals surface area (Å²) in [4.78, 5) is 7.42. The number of H-pyrrole nitrogens is 1. The molecule has 4 heteroatoms. The Morgan fingerprint density at radius 1 is 1.38 bits per heavy atom. The molecule has 70 valence electrons. The predicted molar refractivity (Wildman–Crippen MR) is 54.6 cm³/mol. The fraction of sp³-hybridized carbons (Fsp3) is 0.222. The van der Waals surface area contributed by atoms with E-state index in [1.807, 2.05) is 25.1 Å². The molecule has 0 saturated carbocycles. The van der Waals surface area contributed by atoms with Crippen LogP contribution in [0.1, 0.15) is 5.82 Å². The first kappa shape index (κ1) is 9.86. The van der Waals surface area contributed by atoms with Crippen molar-refractivity contribution in [2.24, 2.45) is 0 Å². The number of halogens is 1. The Hall–Kier alpha value is -1.22. The Morgan fingerprint density at radius 2 is 2.15 bits per heavy atom. The molecule has 1 heterocycles. The summed E-state index contributed by atoms with van der Waals surface area (Å²) in [6.07, 6.45) is 0. The van der Waals surface area contributed by atoms with Crippen molar-refractivity contribution < 1.29 is 4.74 Å². The molecule has 0 fully saturated rings. The van der Waals surface area contributed by atoms with Gasteiger partial charge >= 0.3 is 0 Å². The van der Waals surface area contributed by atoms with Crippen LogP contribution in [0.15, 0.2) is 18.2 Å². The van der Waals surface area contributed by atoms with E-state index in [2.05, 4.69) is 9.97 Å². The zero-order valence-corrected chi connectivity index (χ0v) is 8.31. The number of imidazole rings is 1. The third kappa shape index (κ3) is 1.75. The zero-order valence-electron chi connectivity index (χ0n) is 7.50. The van der Waals surface area contributed by atoms with Gasteiger partial charge in [-0.25, -0.2) is 4.98 Å². The van der Waals surface area contributed by atoms with E-state index < -0.39 is 0 Å². The molecule has 2 aromatic rings. The van der Waals surface area contributed by atoms with Gasteiger partial charge in [0.1, 0.15) is 11.6 Å². The minimum absolute atomic E-state index is 0. The Morgan fingerprint density at radius 3 is 2.85 bits per heavy atom. The molecule has 0 aliphatic carbocycles. The van der Waals surface area contributed by atoms with Gasteiger partial charge in [-0.1, -0.05) is 0 Å². The van der Waals surface area contributed by atoms with Gasteiger partial charge in [-0.05, 0) is 19.1 Å². The molecule has 0 saturated heterocycles. The Balaban J connectivity index is 0.000000845. The second-order valence-corrected chi connectivity index (χ2v) is 2.71. The van der Waals surface area contributed by atoms with Crippen LogP contribution in [0, 0.1) is 6.92 Å². The number of fused-ring (bicyclic) bond motifs is 1. The summed E-state index contributed by atoms with van der Waals surface area (Å²) in [5.41, 5.74) is 2.00. The Labute approximate surface area is 82.5 Å². The second-order valence-electron chi connectivity index (χ2n) is 2.71. The summed E-state index contributed by atoms with van der Waals surface area (Å²) < 4.78 is 5.08. The number of aromatic amines is 1. The average Bonchev–Trinajstić information content (AvgIpc) is 2.43. The zero-order chi connectivity index (χ0) is 8.55. The molecule has 0 atom stereocenters. The summed E-state index contributed by atoms with van der Waals surface area (Å²) in [7, 11) is 1.66. The van der Waals surface area contributed by atoms with E-state index in [4.69, 9.17) is 4.74 Å². The van der Waals surface area contributed by atoms with Crippen LogP contribution in [0.3, 0.4) is 0 Å². The van der Waals surface area contributed by atoms with Gasteiger partial charge in [-0.15, -0.1) is 12.4 Å². The molecule has 1 N–H and O–H groups in total. The quantitative estimate of drug-likeness (QED) is 0.764. The first-order chi connectivity index (χ1) is 5.79. The molecule has 13 heavy (non-hydrogen) atoms. The van der Waals surface area contributed by atoms with Crippen molar-refractivity contribution in [3.8, 4) is 5.75 Å². The van der Waals surface area contributed by atoms with Gasteiger partial charge in [0.2, 0.25) is 0 Å². The SMILES string of the molecule is COc1ccc2nc(C)[nH]c2c1.Cl. The highest BCUT2D eigenvalue weighted by Gasteiger charge is 1.99. The number of aryl methyl sites for hydroxylation is 1. The summed E-state index contributed by atoms with van der Waals surface area (Å²) >= 11 is 0. The third-order valence-corrected chi connectivity index (χ3v) is 1.81. The highest BCUT2D eigenvalue weighted by atomic mass is 35.5. The molecule has 1 aromatic heterocycles. The molecular weight excluding hydrogens is 188 g/mol. The largest absolute Gasteiger partial charge is 0.497 e. The van der Waals surface area contributed by atoms with Crippen LogP contribution in [-0.2, 0) is 0 Å². The standard InChI is InChI=1S/C9H10N2O.ClH/c1-6-10-8-4-3-7(12-2)5-9(8)11-6;/h3-5H,1-2H3,(H,10,11);1H. The summed E-state index contributed by atoms with van der Waals surface area (Å²) in [5.74, 6) is 1.78. The van der Waals surface area contributed by atoms with Crippen molar-refractivity contribution in [3.63, 3.8) is 0 Å². The average molecular weight is 199 g/mol. The third-order valence-electron chi connectivity index (χ3n) is 1.81. The van der Waals surface area contributed by atoms with E-state index in [0.717, 1.165) is 22.6 Å². The number of ether oxygens (including phenoxy) is 1. The monoisotopic (exact) mass is 198 g/mol. The van der Waals surface area contributed by atoms with Crippen molar-refractivity contribution in [1.29, 1.82) is 0 Å². The lowest BCUT2D eigenvalue weighted by atomic mass is 10.3. The maximum atomic E-state index is 5.08. The topological polar surface area (TPSA) is 37.9 Å². The number of aromatic nitrogens is 2. The van der Waals surface area contributed by atoms with Gasteiger partial charge in [0, 0.05) is 6.07 Å². The van der Waals surface area contributed by atoms with Crippen molar-refractivity contribution in [3.05, 3.63) is 24.0 Å². The minimum Gasteiger partial charge on any atom is -0.497 e. The van der Waals surface area contributed by atoms with E-state index in [1.54, 1.807) is 7.11 Å². The highest BCUT2D eigenvalue weighted by Crippen LogP contribution is 2.17. The molecule has 0 spiro atoms. The van der Waals surface area contributed by atoms with E-state index in [-0.39, 0.29) is 12.4 Å². The van der Waals surface area contributed by atoms with Crippen LogP contribution >= 0.6 is 12.4 Å². The molecule has 2 rings (SSSR count). The summed E-state index contributed by atoms with van der Waals surface area (Å²) in [6.45, 7) is 1.94. The predicted octanol–water partition coefficient (Wildman–Crippen LogP) is 2.30. The molecular formula is C9H11ClN2O. The van der Waals surface area contributed by atoms with Gasteiger partial charge in [-0.3, -0.25) is 0 Å². The first-order valence-corrected chi connectivity index (χ1v) is 3.80. The minimum atomic E-state index is 0. The molecule has 1 aromatic carbocycles. The smallest absolute Gasteiger partial charge is 0.121 e. The molecule has 0 aliphatic heterocycles. The molecule has 0 amide bonds. The number of methoxy groups -OCH3 is 1. The van der Waals surface area contributed by atoms with Crippen molar-refractivity contribution in [2.45, 2.75) is 6.92 Å². The molecule has 0 unspecified atom stereocenters. The number of rotatable bonds is 1. The van der Waals surface area contributed by atoms with Gasteiger partial charge in [0.25, 0.3) is 0 Å². The van der Waals surface area contributed by atoms with Crippen LogP contribution < -0.4 is 4.74 Å². The fourth-order valence-corrected chi connectivity index (χ4v) is 1.24. The summed E-state index contributed by atoms with van der Waals surface area (Å²) in [6, 6.07) is 5.79. The van der Waals surface area contributed by atoms with Crippen molar-refractivity contribution in [1.82, 2.24) is 9.97 Å². The Kier molecular flexibility index (Phi) is 2.78. The van der Waals surface area contributed by atoms with Gasteiger partial charge in [0.05, 0.1) is 18.1 Å². The maximum absolute atomic E-state index is 5.08. The van der Waals surface area contributed by atoms with Gasteiger partial charge in [-0.2, -0.15) is 0 Å². The molecule has 0 bridgehead atoms. The van der Waals surface area contributed by atoms with Crippen LogP contribution in [0.5, 0.6) is 5.75 Å². The van der Waals surface area contributed by atoms with Crippen molar-refractivity contribution in [2.75, 3.05) is 7.11 Å². The normalized spacial score (nSPS) is 9.69. The van der Waals surface area contributed by atoms with Gasteiger partial charge < -0.3 is 9.72 Å². The van der Waals surface area contributed by atoms with Crippen LogP contribution in [0.4, 0.5) is 0 Å². The second kappa shape index (κ2) is 3.66. The molecule has 3 nitrogen and oxygen atoms in total. The van der Waals surface area contributed by atoms with E-state index in [9.17, 15) is 0 Å². The fourth-order valence-electron chi connectivity index (χ4n) is 1.24.